The second-order valence-electron chi connectivity index (χ2n) is 4.60. The summed E-state index contributed by atoms with van der Waals surface area (Å²) in [5.41, 5.74) is 7.25. The molecule has 0 unspecified atom stereocenters. The fourth-order valence-corrected chi connectivity index (χ4v) is 2.03. The molecule has 0 saturated carbocycles. The molecule has 2 aromatic carbocycles. The number of nitrogens with zero attached hydrogens (tertiary/aromatic N) is 2. The van der Waals surface area contributed by atoms with Gasteiger partial charge >= 0.3 is 0 Å². The van der Waals surface area contributed by atoms with Gasteiger partial charge in [0.25, 0.3) is 0 Å². The van der Waals surface area contributed by atoms with Crippen LogP contribution >= 0.6 is 0 Å². The molecule has 0 atom stereocenters. The highest BCUT2D eigenvalue weighted by molar-refractivity contribution is 5.83. The van der Waals surface area contributed by atoms with E-state index in [4.69, 9.17) is 0 Å². The first-order valence-corrected chi connectivity index (χ1v) is 6.76. The van der Waals surface area contributed by atoms with Crippen LogP contribution in [0.5, 0.6) is 0 Å². The van der Waals surface area contributed by atoms with Crippen molar-refractivity contribution in [2.45, 2.75) is 0 Å². The fraction of sp³-hybridized carbons (Fsp3) is 0. The van der Waals surface area contributed by atoms with Gasteiger partial charge in [-0.2, -0.15) is 5.10 Å². The molecule has 3 heteroatoms. The molecule has 1 aromatic heterocycles. The Morgan fingerprint density at radius 2 is 1.71 bits per heavy atom. The summed E-state index contributed by atoms with van der Waals surface area (Å²) < 4.78 is 0. The first-order chi connectivity index (χ1) is 10.4. The maximum Gasteiger partial charge on any atom is 0.0561 e. The van der Waals surface area contributed by atoms with Crippen molar-refractivity contribution in [3.8, 4) is 11.1 Å². The minimum absolute atomic E-state index is 0.970. The van der Waals surface area contributed by atoms with Crippen molar-refractivity contribution >= 4 is 11.9 Å². The average Bonchev–Trinajstić information content (AvgIpc) is 2.57. The van der Waals surface area contributed by atoms with Crippen molar-refractivity contribution in [3.63, 3.8) is 0 Å². The molecule has 1 heterocycles. The van der Waals surface area contributed by atoms with E-state index in [1.165, 1.54) is 0 Å². The predicted octanol–water partition coefficient (Wildman–Crippen LogP) is 4.19. The Morgan fingerprint density at radius 1 is 0.857 bits per heavy atom. The Balaban J connectivity index is 1.75. The summed E-state index contributed by atoms with van der Waals surface area (Å²) in [4.78, 5) is 4.15. The number of pyridine rings is 1. The number of aromatic nitrogens is 1. The summed E-state index contributed by atoms with van der Waals surface area (Å²) in [5, 5.41) is 4.26. The Morgan fingerprint density at radius 3 is 2.52 bits per heavy atom. The fourth-order valence-electron chi connectivity index (χ4n) is 2.03. The van der Waals surface area contributed by atoms with Crippen molar-refractivity contribution < 1.29 is 0 Å². The Hall–Kier alpha value is -2.94. The number of benzene rings is 2. The summed E-state index contributed by atoms with van der Waals surface area (Å²) in [6.07, 6.45) is 5.45. The van der Waals surface area contributed by atoms with E-state index in [-0.39, 0.29) is 0 Å². The quantitative estimate of drug-likeness (QED) is 0.571. The van der Waals surface area contributed by atoms with Crippen LogP contribution in [0.25, 0.3) is 11.1 Å². The van der Waals surface area contributed by atoms with Crippen LogP contribution in [0.15, 0.2) is 84.2 Å². The normalized spacial score (nSPS) is 10.7. The van der Waals surface area contributed by atoms with Crippen LogP contribution in [0.4, 0.5) is 5.69 Å². The lowest BCUT2D eigenvalue weighted by Crippen LogP contribution is -1.90. The number of para-hydroxylation sites is 1. The van der Waals surface area contributed by atoms with Crippen LogP contribution in [-0.4, -0.2) is 11.2 Å². The first kappa shape index (κ1) is 13.1. The van der Waals surface area contributed by atoms with E-state index in [2.05, 4.69) is 27.6 Å². The monoisotopic (exact) mass is 273 g/mol. The third kappa shape index (κ3) is 3.54. The van der Waals surface area contributed by atoms with Crippen LogP contribution in [0.3, 0.4) is 0 Å². The highest BCUT2D eigenvalue weighted by Crippen LogP contribution is 2.18. The molecule has 0 saturated heterocycles. The Bertz CT molecular complexity index is 722. The van der Waals surface area contributed by atoms with E-state index < -0.39 is 0 Å². The van der Waals surface area contributed by atoms with Gasteiger partial charge in [-0.1, -0.05) is 42.5 Å². The van der Waals surface area contributed by atoms with Gasteiger partial charge in [0.05, 0.1) is 11.9 Å². The summed E-state index contributed by atoms with van der Waals surface area (Å²) in [5.74, 6) is 0. The zero-order valence-corrected chi connectivity index (χ0v) is 11.5. The number of anilines is 1. The lowest BCUT2D eigenvalue weighted by atomic mass is 10.1. The third-order valence-corrected chi connectivity index (χ3v) is 3.06. The van der Waals surface area contributed by atoms with Gasteiger partial charge in [-0.05, 0) is 35.4 Å². The topological polar surface area (TPSA) is 37.3 Å². The van der Waals surface area contributed by atoms with E-state index in [1.807, 2.05) is 67.0 Å². The molecule has 0 aliphatic carbocycles. The number of hydrogen-bond acceptors (Lipinski definition) is 3. The summed E-state index contributed by atoms with van der Waals surface area (Å²) in [6, 6.07) is 22.1. The van der Waals surface area contributed by atoms with Gasteiger partial charge in [0.2, 0.25) is 0 Å². The van der Waals surface area contributed by atoms with Gasteiger partial charge in [-0.15, -0.1) is 0 Å². The van der Waals surface area contributed by atoms with Gasteiger partial charge in [-0.3, -0.25) is 10.4 Å². The number of hydrazone groups is 1. The zero-order valence-electron chi connectivity index (χ0n) is 11.5. The molecule has 21 heavy (non-hydrogen) atoms. The predicted molar refractivity (Wildman–Crippen MR) is 87.3 cm³/mol. The van der Waals surface area contributed by atoms with E-state index in [0.29, 0.717) is 0 Å². The van der Waals surface area contributed by atoms with Crippen molar-refractivity contribution in [3.05, 3.63) is 84.7 Å². The number of nitrogens with one attached hydrogen (secondary N) is 1. The molecule has 3 nitrogen and oxygen atoms in total. The smallest absolute Gasteiger partial charge is 0.0561 e. The van der Waals surface area contributed by atoms with Crippen LogP contribution in [0.2, 0.25) is 0 Å². The van der Waals surface area contributed by atoms with Crippen molar-refractivity contribution in [2.75, 3.05) is 5.43 Å². The van der Waals surface area contributed by atoms with Crippen LogP contribution < -0.4 is 5.43 Å². The minimum atomic E-state index is 0.970. The Kier molecular flexibility index (Phi) is 4.03. The molecule has 0 aliphatic rings. The van der Waals surface area contributed by atoms with E-state index in [0.717, 1.165) is 22.4 Å². The van der Waals surface area contributed by atoms with Crippen molar-refractivity contribution in [1.29, 1.82) is 0 Å². The van der Waals surface area contributed by atoms with Gasteiger partial charge in [0, 0.05) is 18.0 Å². The molecule has 0 spiro atoms. The molecule has 0 amide bonds. The standard InChI is InChI=1S/C18H15N3/c1-2-9-18(10-3-1)21-20-13-15-6-4-7-16(12-15)17-8-5-11-19-14-17/h1-14,21H. The molecule has 1 N–H and O–H groups in total. The molecule has 3 rings (SSSR count). The summed E-state index contributed by atoms with van der Waals surface area (Å²) >= 11 is 0. The molecule has 0 bridgehead atoms. The molecule has 0 fully saturated rings. The van der Waals surface area contributed by atoms with Gasteiger partial charge in [0.1, 0.15) is 0 Å². The lowest BCUT2D eigenvalue weighted by Gasteiger charge is -2.02. The van der Waals surface area contributed by atoms with Gasteiger partial charge < -0.3 is 0 Å². The molecule has 3 aromatic rings. The number of hydrogen-bond donors (Lipinski definition) is 1. The van der Waals surface area contributed by atoms with Crippen molar-refractivity contribution in [1.82, 2.24) is 4.98 Å². The number of rotatable bonds is 4. The van der Waals surface area contributed by atoms with Gasteiger partial charge in [-0.25, -0.2) is 0 Å². The molecule has 102 valence electrons. The molecule has 0 aliphatic heterocycles. The van der Waals surface area contributed by atoms with E-state index in [1.54, 1.807) is 6.20 Å². The van der Waals surface area contributed by atoms with Crippen molar-refractivity contribution in [2.24, 2.45) is 5.10 Å². The van der Waals surface area contributed by atoms with Gasteiger partial charge in [0.15, 0.2) is 0 Å². The van der Waals surface area contributed by atoms with Crippen LogP contribution in [-0.2, 0) is 0 Å². The zero-order chi connectivity index (χ0) is 14.3. The van der Waals surface area contributed by atoms with E-state index in [9.17, 15) is 0 Å². The second kappa shape index (κ2) is 6.48. The summed E-state index contributed by atoms with van der Waals surface area (Å²) in [7, 11) is 0. The first-order valence-electron chi connectivity index (χ1n) is 6.76. The summed E-state index contributed by atoms with van der Waals surface area (Å²) in [6.45, 7) is 0. The average molecular weight is 273 g/mol. The molecular formula is C18H15N3. The Labute approximate surface area is 124 Å². The van der Waals surface area contributed by atoms with Crippen LogP contribution in [0, 0.1) is 0 Å². The highest BCUT2D eigenvalue weighted by atomic mass is 15.3. The maximum atomic E-state index is 4.26. The SMILES string of the molecule is C(=NNc1ccccc1)c1cccc(-c2cccnc2)c1. The third-order valence-electron chi connectivity index (χ3n) is 3.06. The van der Waals surface area contributed by atoms with E-state index >= 15 is 0 Å². The largest absolute Gasteiger partial charge is 0.279 e. The lowest BCUT2D eigenvalue weighted by molar-refractivity contribution is 1.33. The highest BCUT2D eigenvalue weighted by Gasteiger charge is 1.97. The molecule has 0 radical (unpaired) electrons. The molecular weight excluding hydrogens is 258 g/mol. The second-order valence-corrected chi connectivity index (χ2v) is 4.60. The minimum Gasteiger partial charge on any atom is -0.279 e. The van der Waals surface area contributed by atoms with Crippen LogP contribution in [0.1, 0.15) is 5.56 Å². The maximum absolute atomic E-state index is 4.26.